The fourth-order valence-electron chi connectivity index (χ4n) is 9.95. The van der Waals surface area contributed by atoms with Crippen LogP contribution in [-0.2, 0) is 57.7 Å². The molecular formula is C53H69N3O11. The number of allylic oxidation sites excluding steroid dienone is 1. The predicted molar refractivity (Wildman–Crippen MR) is 251 cm³/mol. The number of nitrogens with one attached hydrogen (secondary N) is 2. The van der Waals surface area contributed by atoms with Crippen molar-refractivity contribution in [3.05, 3.63) is 107 Å². The Labute approximate surface area is 394 Å². The topological polar surface area (TPSA) is 182 Å². The Kier molecular flexibility index (Phi) is 16.3. The number of hydrogen-bond donors (Lipinski definition) is 4. The maximum absolute atomic E-state index is 15.1. The van der Waals surface area contributed by atoms with E-state index < -0.39 is 71.1 Å². The highest BCUT2D eigenvalue weighted by atomic mass is 16.8. The smallest absolute Gasteiger partial charge is 0.327 e. The number of carbonyl (C=O) groups is 4. The van der Waals surface area contributed by atoms with Crippen LogP contribution in [0.4, 0.5) is 0 Å². The summed E-state index contributed by atoms with van der Waals surface area (Å²) in [5, 5.41) is 27.7. The summed E-state index contributed by atoms with van der Waals surface area (Å²) in [6, 6.07) is 20.2. The molecule has 3 aliphatic heterocycles. The van der Waals surface area contributed by atoms with Gasteiger partial charge >= 0.3 is 11.9 Å². The summed E-state index contributed by atoms with van der Waals surface area (Å²) in [5.41, 5.74) is 1.57. The Hall–Kier alpha value is -5.12. The largest absolute Gasteiger partial charge is 0.508 e. The van der Waals surface area contributed by atoms with E-state index in [2.05, 4.69) is 24.5 Å². The average Bonchev–Trinajstić information content (AvgIpc) is 3.86. The van der Waals surface area contributed by atoms with E-state index in [0.29, 0.717) is 30.4 Å². The molecule has 4 fully saturated rings. The molecule has 4 N–H and O–H groups in total. The zero-order chi connectivity index (χ0) is 47.8. The van der Waals surface area contributed by atoms with Gasteiger partial charge in [-0.05, 0) is 86.9 Å². The molecule has 0 spiro atoms. The number of aliphatic hydroxyl groups is 1. The van der Waals surface area contributed by atoms with Crippen LogP contribution >= 0.6 is 0 Å². The molecule has 67 heavy (non-hydrogen) atoms. The molecule has 0 radical (unpaired) electrons. The number of phenolic OH excluding ortho intramolecular Hbond substituents is 1. The van der Waals surface area contributed by atoms with Crippen molar-refractivity contribution in [2.45, 2.75) is 173 Å². The molecule has 1 saturated carbocycles. The highest BCUT2D eigenvalue weighted by Crippen LogP contribution is 2.58. The Morgan fingerprint density at radius 3 is 2.33 bits per heavy atom. The predicted octanol–water partition coefficient (Wildman–Crippen LogP) is 7.62. The molecule has 1 aliphatic carbocycles. The Bertz CT molecular complexity index is 2210. The highest BCUT2D eigenvalue weighted by molar-refractivity contribution is 5.95. The van der Waals surface area contributed by atoms with Gasteiger partial charge in [-0.2, -0.15) is 5.06 Å². The minimum Gasteiger partial charge on any atom is -0.508 e. The second-order valence-electron chi connectivity index (χ2n) is 19.6. The van der Waals surface area contributed by atoms with Gasteiger partial charge in [0, 0.05) is 37.8 Å². The third-order valence-electron chi connectivity index (χ3n) is 13.3. The summed E-state index contributed by atoms with van der Waals surface area (Å²) in [6.45, 7) is 9.52. The number of benzene rings is 3. The number of aliphatic hydroxyl groups excluding tert-OH is 1. The molecule has 14 nitrogen and oxygen atoms in total. The zero-order valence-corrected chi connectivity index (χ0v) is 39.7. The number of nitrogens with zero attached hydrogens (tertiary/aromatic N) is 1. The lowest BCUT2D eigenvalue weighted by Crippen LogP contribution is -2.69. The van der Waals surface area contributed by atoms with Crippen LogP contribution in [0, 0.1) is 5.41 Å². The van der Waals surface area contributed by atoms with Gasteiger partial charge in [0.05, 0.1) is 19.2 Å². The van der Waals surface area contributed by atoms with Crippen molar-refractivity contribution in [2.24, 2.45) is 5.41 Å². The Morgan fingerprint density at radius 1 is 0.925 bits per heavy atom. The van der Waals surface area contributed by atoms with Crippen molar-refractivity contribution in [3.8, 4) is 5.75 Å². The van der Waals surface area contributed by atoms with Crippen molar-refractivity contribution in [1.29, 1.82) is 0 Å². The van der Waals surface area contributed by atoms with E-state index in [4.69, 9.17) is 23.8 Å². The third-order valence-corrected chi connectivity index (χ3v) is 13.3. The van der Waals surface area contributed by atoms with E-state index in [1.165, 1.54) is 0 Å². The van der Waals surface area contributed by atoms with E-state index in [1.807, 2.05) is 48.6 Å². The normalized spacial score (nSPS) is 24.5. The number of esters is 2. The van der Waals surface area contributed by atoms with Gasteiger partial charge in [-0.3, -0.25) is 24.0 Å². The van der Waals surface area contributed by atoms with Gasteiger partial charge in [0.25, 0.3) is 5.91 Å². The van der Waals surface area contributed by atoms with Crippen LogP contribution in [0.15, 0.2) is 78.9 Å². The number of ether oxygens (including phenoxy) is 4. The first-order valence-electron chi connectivity index (χ1n) is 24.2. The molecule has 2 bridgehead atoms. The van der Waals surface area contributed by atoms with Crippen molar-refractivity contribution >= 4 is 29.8 Å². The van der Waals surface area contributed by atoms with Crippen molar-refractivity contribution in [2.75, 3.05) is 6.61 Å². The number of para-hydroxylation sites is 1. The number of amides is 2. The lowest BCUT2D eigenvalue weighted by molar-refractivity contribution is -0.224. The van der Waals surface area contributed by atoms with Crippen LogP contribution in [-0.4, -0.2) is 93.5 Å². The summed E-state index contributed by atoms with van der Waals surface area (Å²) in [7, 11) is 0. The number of hydroxylamine groups is 2. The number of rotatable bonds is 22. The average molecular weight is 924 g/mol. The van der Waals surface area contributed by atoms with Gasteiger partial charge in [0.1, 0.15) is 41.2 Å². The SMILES string of the molecule is CCCCCC1(CCCCC)O[C@@H]2[C@H](O1)[C@H]1ON(Cc3ccc(C=CCc4ccccc4O)cc3)[C@H]3C(=O)O[C@@H]2C[C@@]13C(=O)NCc1cccc(C(=O)N[C@H](CO)CCC(=O)OC(C)(C)C)c1. The maximum Gasteiger partial charge on any atom is 0.327 e. The molecule has 3 saturated heterocycles. The van der Waals surface area contributed by atoms with Crippen LogP contribution < -0.4 is 10.6 Å². The minimum absolute atomic E-state index is 0.0262. The third kappa shape index (κ3) is 11.8. The number of carbonyl (C=O) groups excluding carboxylic acids is 4. The zero-order valence-electron chi connectivity index (χ0n) is 39.7. The molecule has 362 valence electrons. The summed E-state index contributed by atoms with van der Waals surface area (Å²) >= 11 is 0. The van der Waals surface area contributed by atoms with E-state index >= 15 is 4.79 Å². The number of aromatic hydroxyl groups is 1. The standard InChI is InChI=1S/C53H69N3O11/c1-6-8-12-28-52(29-13-9-7-2)65-44-42-31-53(50(62)54-32-37-17-15-20-39(30-37)48(60)55-40(34-57)26-27-43(59)64-51(3,4)5)46(49(61)63-42)56(67-47(53)45(44)66-52)33-36-24-22-35(23-25-36)16-14-19-38-18-10-11-21-41(38)58/h10-11,14-18,20-25,30,40,42,44-47,57-58H,6-9,12-13,19,26-29,31-34H2,1-5H3,(H,54,62)(H,55,60)/t40-,42+,44-,45-,46-,47+,53-/m0/s1. The van der Waals surface area contributed by atoms with Crippen LogP contribution in [0.3, 0.4) is 0 Å². The molecule has 3 heterocycles. The van der Waals surface area contributed by atoms with E-state index in [1.54, 1.807) is 62.2 Å². The van der Waals surface area contributed by atoms with Gasteiger partial charge in [0.2, 0.25) is 5.91 Å². The molecule has 0 unspecified atom stereocenters. The van der Waals surface area contributed by atoms with Gasteiger partial charge in [-0.25, -0.2) is 0 Å². The summed E-state index contributed by atoms with van der Waals surface area (Å²) in [5.74, 6) is -2.45. The molecule has 7 atom stereocenters. The van der Waals surface area contributed by atoms with Crippen LogP contribution in [0.5, 0.6) is 5.75 Å². The van der Waals surface area contributed by atoms with Crippen LogP contribution in [0.25, 0.3) is 6.08 Å². The van der Waals surface area contributed by atoms with Gasteiger partial charge in [-0.15, -0.1) is 0 Å². The van der Waals surface area contributed by atoms with E-state index in [9.17, 15) is 24.6 Å². The molecule has 7 rings (SSSR count). The van der Waals surface area contributed by atoms with Crippen molar-refractivity contribution in [1.82, 2.24) is 15.7 Å². The van der Waals surface area contributed by atoms with Crippen molar-refractivity contribution in [3.63, 3.8) is 0 Å². The summed E-state index contributed by atoms with van der Waals surface area (Å²) in [4.78, 5) is 62.0. The second kappa shape index (κ2) is 21.9. The highest BCUT2D eigenvalue weighted by Gasteiger charge is 2.76. The van der Waals surface area contributed by atoms with E-state index in [0.717, 1.165) is 55.2 Å². The Balaban J connectivity index is 1.10. The molecular weight excluding hydrogens is 855 g/mol. The monoisotopic (exact) mass is 923 g/mol. The molecule has 0 aromatic heterocycles. The lowest BCUT2D eigenvalue weighted by Gasteiger charge is -2.48. The number of fused-ring (bicyclic) bond motifs is 4. The van der Waals surface area contributed by atoms with Crippen LogP contribution in [0.1, 0.15) is 138 Å². The van der Waals surface area contributed by atoms with Crippen molar-refractivity contribution < 1.29 is 53.2 Å². The second-order valence-corrected chi connectivity index (χ2v) is 19.6. The first-order valence-corrected chi connectivity index (χ1v) is 24.2. The number of phenols is 1. The quantitative estimate of drug-likeness (QED) is 0.0573. The number of unbranched alkanes of at least 4 members (excludes halogenated alkanes) is 4. The van der Waals surface area contributed by atoms with Gasteiger partial charge in [-0.1, -0.05) is 106 Å². The minimum atomic E-state index is -1.39. The fraction of sp³-hybridized carbons (Fsp3) is 0.547. The number of hydrogen-bond acceptors (Lipinski definition) is 12. The van der Waals surface area contributed by atoms with Crippen LogP contribution in [0.2, 0.25) is 0 Å². The summed E-state index contributed by atoms with van der Waals surface area (Å²) in [6.07, 6.45) is 9.31. The first kappa shape index (κ1) is 49.8. The molecule has 3 aromatic carbocycles. The van der Waals surface area contributed by atoms with E-state index in [-0.39, 0.29) is 50.6 Å². The van der Waals surface area contributed by atoms with Gasteiger partial charge < -0.3 is 39.8 Å². The fourth-order valence-corrected chi connectivity index (χ4v) is 9.95. The summed E-state index contributed by atoms with van der Waals surface area (Å²) < 4.78 is 25.6. The lowest BCUT2D eigenvalue weighted by atomic mass is 9.62. The molecule has 3 aromatic rings. The molecule has 2 amide bonds. The van der Waals surface area contributed by atoms with Gasteiger partial charge in [0.15, 0.2) is 11.8 Å². The molecule has 4 aliphatic rings. The molecule has 14 heteroatoms. The first-order chi connectivity index (χ1) is 32.2. The Morgan fingerprint density at radius 2 is 1.64 bits per heavy atom. The maximum atomic E-state index is 15.1.